The van der Waals surface area contributed by atoms with Gasteiger partial charge in [-0.3, -0.25) is 9.69 Å². The van der Waals surface area contributed by atoms with Gasteiger partial charge in [-0.15, -0.1) is 11.3 Å². The molecule has 2 aromatic carbocycles. The fourth-order valence-corrected chi connectivity index (χ4v) is 5.43. The van der Waals surface area contributed by atoms with Gasteiger partial charge in [0, 0.05) is 54.6 Å². The van der Waals surface area contributed by atoms with Crippen LogP contribution in [-0.2, 0) is 4.79 Å². The van der Waals surface area contributed by atoms with E-state index >= 15 is 0 Å². The maximum absolute atomic E-state index is 12.4. The first-order valence-corrected chi connectivity index (χ1v) is 12.2. The number of amides is 1. The molecule has 0 unspecified atom stereocenters. The number of thiophene rings is 1. The predicted molar refractivity (Wildman–Crippen MR) is 131 cm³/mol. The third-order valence-electron chi connectivity index (χ3n) is 6.40. The van der Waals surface area contributed by atoms with Crippen molar-refractivity contribution in [1.82, 2.24) is 4.90 Å². The molecule has 1 saturated heterocycles. The van der Waals surface area contributed by atoms with E-state index in [1.807, 2.05) is 34.4 Å². The Morgan fingerprint density at radius 1 is 1.00 bits per heavy atom. The summed E-state index contributed by atoms with van der Waals surface area (Å²) in [5.41, 5.74) is 2.18. The highest BCUT2D eigenvalue weighted by molar-refractivity contribution is 7.17. The third-order valence-corrected chi connectivity index (χ3v) is 7.28. The molecule has 32 heavy (non-hydrogen) atoms. The zero-order chi connectivity index (χ0) is 21.9. The van der Waals surface area contributed by atoms with Gasteiger partial charge in [-0.2, -0.15) is 0 Å². The highest BCUT2D eigenvalue weighted by Gasteiger charge is 2.26. The zero-order valence-electron chi connectivity index (χ0n) is 18.5. The fourth-order valence-electron chi connectivity index (χ4n) is 4.63. The van der Waals surface area contributed by atoms with E-state index in [2.05, 4.69) is 39.4 Å². The van der Waals surface area contributed by atoms with Crippen LogP contribution in [-0.4, -0.2) is 63.8 Å². The molecule has 1 amide bonds. The highest BCUT2D eigenvalue weighted by Crippen LogP contribution is 2.35. The van der Waals surface area contributed by atoms with Crippen LogP contribution < -0.4 is 19.3 Å². The van der Waals surface area contributed by atoms with Crippen LogP contribution in [0.2, 0.25) is 0 Å². The van der Waals surface area contributed by atoms with Crippen LogP contribution >= 0.6 is 11.3 Å². The quantitative estimate of drug-likeness (QED) is 0.503. The number of anilines is 2. The first-order valence-electron chi connectivity index (χ1n) is 11.3. The largest absolute Gasteiger partial charge is 0.497 e. The normalized spacial score (nSPS) is 16.8. The molecule has 0 radical (unpaired) electrons. The van der Waals surface area contributed by atoms with Crippen LogP contribution in [0, 0.1) is 0 Å². The molecular formula is C25H29N3O3S. The molecule has 1 aromatic heterocycles. The van der Waals surface area contributed by atoms with Crippen molar-refractivity contribution in [2.45, 2.75) is 12.8 Å². The number of fused-ring (bicyclic) bond motifs is 2. The Labute approximate surface area is 192 Å². The maximum Gasteiger partial charge on any atom is 0.265 e. The molecule has 3 heterocycles. The molecule has 5 rings (SSSR count). The number of nitrogens with zero attached hydrogens (tertiary/aromatic N) is 3. The molecule has 6 nitrogen and oxygen atoms in total. The topological polar surface area (TPSA) is 45.2 Å². The van der Waals surface area contributed by atoms with E-state index in [9.17, 15) is 4.79 Å². The molecule has 0 aliphatic carbocycles. The summed E-state index contributed by atoms with van der Waals surface area (Å²) in [6.45, 7) is 6.17. The van der Waals surface area contributed by atoms with Gasteiger partial charge in [-0.25, -0.2) is 0 Å². The molecule has 0 spiro atoms. The first kappa shape index (κ1) is 21.1. The Kier molecular flexibility index (Phi) is 6.19. The molecule has 3 aromatic rings. The Hall–Kier alpha value is -2.77. The Morgan fingerprint density at radius 3 is 2.69 bits per heavy atom. The van der Waals surface area contributed by atoms with Crippen molar-refractivity contribution >= 4 is 38.7 Å². The minimum atomic E-state index is 0.0157. The van der Waals surface area contributed by atoms with E-state index in [1.165, 1.54) is 15.8 Å². The van der Waals surface area contributed by atoms with Crippen molar-refractivity contribution in [2.75, 3.05) is 62.8 Å². The van der Waals surface area contributed by atoms with Crippen LogP contribution in [0.3, 0.4) is 0 Å². The second-order valence-corrected chi connectivity index (χ2v) is 9.26. The minimum absolute atomic E-state index is 0.0157. The summed E-state index contributed by atoms with van der Waals surface area (Å²) >= 11 is 1.81. The molecule has 7 heteroatoms. The smallest absolute Gasteiger partial charge is 0.265 e. The monoisotopic (exact) mass is 451 g/mol. The van der Waals surface area contributed by atoms with Gasteiger partial charge in [0.1, 0.15) is 11.5 Å². The van der Waals surface area contributed by atoms with Gasteiger partial charge in [0.25, 0.3) is 5.91 Å². The molecule has 2 aliphatic heterocycles. The number of rotatable bonds is 7. The number of carbonyl (C=O) groups is 1. The van der Waals surface area contributed by atoms with Gasteiger partial charge < -0.3 is 19.3 Å². The molecule has 2 aliphatic rings. The molecular weight excluding hydrogens is 422 g/mol. The van der Waals surface area contributed by atoms with Crippen molar-refractivity contribution in [3.63, 3.8) is 0 Å². The highest BCUT2D eigenvalue weighted by atomic mass is 32.1. The summed E-state index contributed by atoms with van der Waals surface area (Å²) in [6.07, 6.45) is 2.04. The van der Waals surface area contributed by atoms with Crippen molar-refractivity contribution in [3.8, 4) is 11.5 Å². The van der Waals surface area contributed by atoms with Gasteiger partial charge in [0.15, 0.2) is 6.61 Å². The van der Waals surface area contributed by atoms with Crippen LogP contribution in [0.25, 0.3) is 10.1 Å². The number of methoxy groups -OCH3 is 1. The lowest BCUT2D eigenvalue weighted by Gasteiger charge is -2.36. The van der Waals surface area contributed by atoms with E-state index in [-0.39, 0.29) is 12.5 Å². The van der Waals surface area contributed by atoms with E-state index < -0.39 is 0 Å². The number of ether oxygens (including phenoxy) is 2. The summed E-state index contributed by atoms with van der Waals surface area (Å²) in [4.78, 5) is 19.4. The van der Waals surface area contributed by atoms with Gasteiger partial charge in [0.05, 0.1) is 12.8 Å². The summed E-state index contributed by atoms with van der Waals surface area (Å²) in [7, 11) is 1.64. The van der Waals surface area contributed by atoms with E-state index in [4.69, 9.17) is 9.47 Å². The zero-order valence-corrected chi connectivity index (χ0v) is 19.3. The lowest BCUT2D eigenvalue weighted by Crippen LogP contribution is -2.46. The second kappa shape index (κ2) is 9.38. The number of hydrogen-bond acceptors (Lipinski definition) is 6. The van der Waals surface area contributed by atoms with E-state index in [0.717, 1.165) is 62.8 Å². The average molecular weight is 452 g/mol. The van der Waals surface area contributed by atoms with Crippen LogP contribution in [0.4, 0.5) is 11.4 Å². The molecule has 0 saturated carbocycles. The van der Waals surface area contributed by atoms with E-state index in [1.54, 1.807) is 7.11 Å². The predicted octanol–water partition coefficient (Wildman–Crippen LogP) is 4.24. The molecule has 1 fully saturated rings. The van der Waals surface area contributed by atoms with Crippen molar-refractivity contribution in [1.29, 1.82) is 0 Å². The average Bonchev–Trinajstić information content (AvgIpc) is 3.32. The standard InChI is InChI=1S/C25H29N3O3S/c1-30-19-7-8-23-22(17-19)28(25(29)18-31-23)11-3-2-10-26-12-14-27(15-13-26)21-5-4-6-24-20(21)9-16-32-24/h4-9,16-17H,2-3,10-15,18H2,1H3. The number of hydrogen-bond donors (Lipinski definition) is 0. The van der Waals surface area contributed by atoms with Gasteiger partial charge in [-0.05, 0) is 55.1 Å². The Bertz CT molecular complexity index is 1090. The van der Waals surface area contributed by atoms with Gasteiger partial charge in [-0.1, -0.05) is 6.07 Å². The van der Waals surface area contributed by atoms with Crippen molar-refractivity contribution < 1.29 is 14.3 Å². The van der Waals surface area contributed by atoms with E-state index in [0.29, 0.717) is 6.54 Å². The minimum Gasteiger partial charge on any atom is -0.497 e. The van der Waals surface area contributed by atoms with Gasteiger partial charge in [0.2, 0.25) is 0 Å². The summed E-state index contributed by atoms with van der Waals surface area (Å²) in [5, 5.41) is 3.55. The summed E-state index contributed by atoms with van der Waals surface area (Å²) < 4.78 is 12.3. The Morgan fingerprint density at radius 2 is 1.84 bits per heavy atom. The number of piperazine rings is 1. The number of carbonyl (C=O) groups excluding carboxylic acids is 1. The van der Waals surface area contributed by atoms with Crippen molar-refractivity contribution in [3.05, 3.63) is 47.8 Å². The first-order chi connectivity index (χ1) is 15.7. The fraction of sp³-hybridized carbons (Fsp3) is 0.400. The molecule has 0 atom stereocenters. The lowest BCUT2D eigenvalue weighted by atomic mass is 10.1. The van der Waals surface area contributed by atoms with Crippen LogP contribution in [0.1, 0.15) is 12.8 Å². The molecule has 168 valence electrons. The van der Waals surface area contributed by atoms with Crippen LogP contribution in [0.5, 0.6) is 11.5 Å². The summed E-state index contributed by atoms with van der Waals surface area (Å²) in [6, 6.07) is 14.5. The third kappa shape index (κ3) is 4.27. The molecule has 0 bridgehead atoms. The second-order valence-electron chi connectivity index (χ2n) is 8.31. The summed E-state index contributed by atoms with van der Waals surface area (Å²) in [5.74, 6) is 1.51. The number of benzene rings is 2. The lowest BCUT2D eigenvalue weighted by molar-refractivity contribution is -0.121. The Balaban J connectivity index is 1.11. The van der Waals surface area contributed by atoms with Gasteiger partial charge >= 0.3 is 0 Å². The SMILES string of the molecule is COc1ccc2c(c1)N(CCCCN1CCN(c3cccc4sccc34)CC1)C(=O)CO2. The molecule has 0 N–H and O–H groups in total. The maximum atomic E-state index is 12.4. The number of unbranched alkanes of at least 4 members (excludes halogenated alkanes) is 1. The van der Waals surface area contributed by atoms with Crippen molar-refractivity contribution in [2.24, 2.45) is 0 Å². The van der Waals surface area contributed by atoms with Crippen LogP contribution in [0.15, 0.2) is 47.8 Å².